The Morgan fingerprint density at radius 1 is 1.04 bits per heavy atom. The molecule has 3 heterocycles. The van der Waals surface area contributed by atoms with Gasteiger partial charge in [-0.05, 0) is 24.3 Å². The number of anilines is 2. The molecule has 8 nitrogen and oxygen atoms in total. The van der Waals surface area contributed by atoms with Crippen molar-refractivity contribution in [2.24, 2.45) is 5.73 Å². The largest absolute Gasteiger partial charge is 0.366 e. The number of amides is 3. The average Bonchev–Trinajstić information content (AvgIpc) is 3.04. The van der Waals surface area contributed by atoms with Gasteiger partial charge in [0.25, 0.3) is 0 Å². The highest BCUT2D eigenvalue weighted by molar-refractivity contribution is 7.13. The fourth-order valence-electron chi connectivity index (χ4n) is 1.84. The van der Waals surface area contributed by atoms with E-state index in [2.05, 4.69) is 25.6 Å². The fraction of sp³-hybridized carbons (Fsp3) is 0. The number of carbonyl (C=O) groups is 2. The van der Waals surface area contributed by atoms with Crippen LogP contribution in [0.15, 0.2) is 48.2 Å². The second-order valence-electron chi connectivity index (χ2n) is 4.65. The van der Waals surface area contributed by atoms with Crippen molar-refractivity contribution in [3.05, 3.63) is 53.8 Å². The summed E-state index contributed by atoms with van der Waals surface area (Å²) in [5, 5.41) is 7.68. The van der Waals surface area contributed by atoms with Crippen LogP contribution in [0.3, 0.4) is 0 Å². The molecule has 0 aliphatic heterocycles. The van der Waals surface area contributed by atoms with Crippen molar-refractivity contribution in [2.75, 3.05) is 10.6 Å². The van der Waals surface area contributed by atoms with Gasteiger partial charge >= 0.3 is 6.03 Å². The zero-order chi connectivity index (χ0) is 16.9. The standard InChI is InChI=1S/C15H12N6O2S/c16-13(22)10-1-2-11(18-7-10)20-15(23)21-12-8-24-14(19-12)9-3-5-17-6-4-9/h1-8H,(H2,16,22)(H2,18,20,21,23). The Balaban J connectivity index is 1.63. The molecule has 0 unspecified atom stereocenters. The summed E-state index contributed by atoms with van der Waals surface area (Å²) in [4.78, 5) is 35.1. The fourth-order valence-corrected chi connectivity index (χ4v) is 2.59. The van der Waals surface area contributed by atoms with Crippen molar-refractivity contribution in [3.8, 4) is 10.6 Å². The predicted octanol–water partition coefficient (Wildman–Crippen LogP) is 2.34. The van der Waals surface area contributed by atoms with Gasteiger partial charge in [0.2, 0.25) is 5.91 Å². The molecule has 0 atom stereocenters. The van der Waals surface area contributed by atoms with E-state index >= 15 is 0 Å². The van der Waals surface area contributed by atoms with E-state index in [4.69, 9.17) is 5.73 Å². The van der Waals surface area contributed by atoms with Crippen LogP contribution in [-0.2, 0) is 0 Å². The van der Waals surface area contributed by atoms with E-state index in [-0.39, 0.29) is 5.56 Å². The number of nitrogens with two attached hydrogens (primary N) is 1. The van der Waals surface area contributed by atoms with Crippen molar-refractivity contribution in [1.82, 2.24) is 15.0 Å². The summed E-state index contributed by atoms with van der Waals surface area (Å²) in [6, 6.07) is 6.17. The maximum atomic E-state index is 11.9. The zero-order valence-corrected chi connectivity index (χ0v) is 13.1. The molecule has 0 saturated carbocycles. The minimum atomic E-state index is -0.579. The highest BCUT2D eigenvalue weighted by Gasteiger charge is 2.09. The molecule has 120 valence electrons. The van der Waals surface area contributed by atoms with Gasteiger partial charge in [-0.1, -0.05) is 0 Å². The summed E-state index contributed by atoms with van der Waals surface area (Å²) in [7, 11) is 0. The van der Waals surface area contributed by atoms with Crippen LogP contribution in [0.5, 0.6) is 0 Å². The molecule has 3 aromatic heterocycles. The number of rotatable bonds is 4. The van der Waals surface area contributed by atoms with E-state index in [9.17, 15) is 9.59 Å². The maximum absolute atomic E-state index is 11.9. The monoisotopic (exact) mass is 340 g/mol. The number of pyridine rings is 2. The van der Waals surface area contributed by atoms with Gasteiger partial charge in [0, 0.05) is 29.5 Å². The Morgan fingerprint density at radius 3 is 2.46 bits per heavy atom. The Kier molecular flexibility index (Phi) is 4.43. The molecule has 9 heteroatoms. The van der Waals surface area contributed by atoms with Crippen LogP contribution < -0.4 is 16.4 Å². The number of aromatic nitrogens is 3. The first-order valence-corrected chi connectivity index (χ1v) is 7.69. The van der Waals surface area contributed by atoms with Crippen LogP contribution in [-0.4, -0.2) is 26.9 Å². The quantitative estimate of drug-likeness (QED) is 0.672. The molecule has 3 amide bonds. The van der Waals surface area contributed by atoms with E-state index < -0.39 is 11.9 Å². The van der Waals surface area contributed by atoms with Gasteiger partial charge < -0.3 is 5.73 Å². The third kappa shape index (κ3) is 3.70. The highest BCUT2D eigenvalue weighted by Crippen LogP contribution is 2.25. The molecule has 0 bridgehead atoms. The molecule has 0 radical (unpaired) electrons. The number of hydrogen-bond acceptors (Lipinski definition) is 6. The summed E-state index contributed by atoms with van der Waals surface area (Å²) in [5.74, 6) is 0.143. The molecule has 24 heavy (non-hydrogen) atoms. The lowest BCUT2D eigenvalue weighted by Crippen LogP contribution is -2.20. The molecule has 4 N–H and O–H groups in total. The lowest BCUT2D eigenvalue weighted by atomic mass is 10.3. The molecular formula is C15H12N6O2S. The molecule has 3 aromatic rings. The minimum Gasteiger partial charge on any atom is -0.366 e. The zero-order valence-electron chi connectivity index (χ0n) is 12.3. The summed E-state index contributed by atoms with van der Waals surface area (Å²) in [5.41, 5.74) is 6.32. The third-order valence-corrected chi connectivity index (χ3v) is 3.85. The number of nitrogens with one attached hydrogen (secondary N) is 2. The number of urea groups is 1. The highest BCUT2D eigenvalue weighted by atomic mass is 32.1. The smallest absolute Gasteiger partial charge is 0.326 e. The van der Waals surface area contributed by atoms with Crippen molar-refractivity contribution in [2.45, 2.75) is 0 Å². The molecule has 0 aromatic carbocycles. The molecule has 0 spiro atoms. The predicted molar refractivity (Wildman–Crippen MR) is 90.7 cm³/mol. The van der Waals surface area contributed by atoms with E-state index in [1.54, 1.807) is 17.8 Å². The first-order valence-electron chi connectivity index (χ1n) is 6.81. The van der Waals surface area contributed by atoms with Crippen molar-refractivity contribution in [1.29, 1.82) is 0 Å². The number of nitrogens with zero attached hydrogens (tertiary/aromatic N) is 3. The SMILES string of the molecule is NC(=O)c1ccc(NC(=O)Nc2csc(-c3ccncc3)n2)nc1. The maximum Gasteiger partial charge on any atom is 0.326 e. The summed E-state index contributed by atoms with van der Waals surface area (Å²) < 4.78 is 0. The minimum absolute atomic E-state index is 0.266. The second-order valence-corrected chi connectivity index (χ2v) is 5.51. The first-order chi connectivity index (χ1) is 11.6. The van der Waals surface area contributed by atoms with E-state index in [0.29, 0.717) is 11.6 Å². The van der Waals surface area contributed by atoms with Crippen LogP contribution in [0.25, 0.3) is 10.6 Å². The third-order valence-electron chi connectivity index (χ3n) is 2.96. The van der Waals surface area contributed by atoms with E-state index in [0.717, 1.165) is 10.6 Å². The molecular weight excluding hydrogens is 328 g/mol. The van der Waals surface area contributed by atoms with Gasteiger partial charge in [-0.25, -0.2) is 14.8 Å². The van der Waals surface area contributed by atoms with E-state index in [1.165, 1.54) is 29.7 Å². The second kappa shape index (κ2) is 6.84. The Bertz CT molecular complexity index is 863. The van der Waals surface area contributed by atoms with Gasteiger partial charge in [0.05, 0.1) is 5.56 Å². The number of thiazole rings is 1. The molecule has 3 rings (SSSR count). The van der Waals surface area contributed by atoms with Crippen LogP contribution in [0, 0.1) is 0 Å². The summed E-state index contributed by atoms with van der Waals surface area (Å²) in [6.07, 6.45) is 4.65. The van der Waals surface area contributed by atoms with Crippen LogP contribution in [0.4, 0.5) is 16.4 Å². The lowest BCUT2D eigenvalue weighted by molar-refractivity contribution is 0.1000. The first kappa shape index (κ1) is 15.6. The van der Waals surface area contributed by atoms with Gasteiger partial charge in [0.1, 0.15) is 16.6 Å². The Hall–Kier alpha value is -3.33. The molecule has 0 saturated heterocycles. The summed E-state index contributed by atoms with van der Waals surface area (Å²) >= 11 is 1.41. The van der Waals surface area contributed by atoms with Gasteiger partial charge in [0.15, 0.2) is 0 Å². The Labute approximate surface area is 140 Å². The summed E-state index contributed by atoms with van der Waals surface area (Å²) in [6.45, 7) is 0. The Morgan fingerprint density at radius 2 is 1.79 bits per heavy atom. The molecule has 0 aliphatic carbocycles. The van der Waals surface area contributed by atoms with Gasteiger partial charge in [-0.3, -0.25) is 20.4 Å². The van der Waals surface area contributed by atoms with Crippen molar-refractivity contribution in [3.63, 3.8) is 0 Å². The van der Waals surface area contributed by atoms with Gasteiger partial charge in [-0.15, -0.1) is 11.3 Å². The topological polar surface area (TPSA) is 123 Å². The molecule has 0 aliphatic rings. The van der Waals surface area contributed by atoms with Crippen molar-refractivity contribution < 1.29 is 9.59 Å². The number of primary amides is 1. The number of carbonyl (C=O) groups excluding carboxylic acids is 2. The van der Waals surface area contributed by atoms with Crippen LogP contribution >= 0.6 is 11.3 Å². The van der Waals surface area contributed by atoms with Crippen LogP contribution in [0.2, 0.25) is 0 Å². The van der Waals surface area contributed by atoms with Gasteiger partial charge in [-0.2, -0.15) is 0 Å². The number of hydrogen-bond donors (Lipinski definition) is 3. The van der Waals surface area contributed by atoms with Crippen molar-refractivity contribution >= 4 is 34.9 Å². The normalized spacial score (nSPS) is 10.2. The molecule has 0 fully saturated rings. The lowest BCUT2D eigenvalue weighted by Gasteiger charge is -2.05. The van der Waals surface area contributed by atoms with E-state index in [1.807, 2.05) is 12.1 Å². The average molecular weight is 340 g/mol. The van der Waals surface area contributed by atoms with Crippen LogP contribution in [0.1, 0.15) is 10.4 Å².